The Morgan fingerprint density at radius 3 is 2.55 bits per heavy atom. The minimum absolute atomic E-state index is 0.267. The fourth-order valence-corrected chi connectivity index (χ4v) is 4.69. The van der Waals surface area contributed by atoms with Crippen LogP contribution in [-0.4, -0.2) is 22.8 Å². The van der Waals surface area contributed by atoms with Crippen molar-refractivity contribution in [3.8, 4) is 11.5 Å². The van der Waals surface area contributed by atoms with Crippen LogP contribution in [0.5, 0.6) is 11.5 Å². The number of rotatable bonds is 9. The summed E-state index contributed by atoms with van der Waals surface area (Å²) in [5.74, 6) is 0.767. The van der Waals surface area contributed by atoms with Gasteiger partial charge >= 0.3 is 0 Å². The highest BCUT2D eigenvalue weighted by molar-refractivity contribution is 9.10. The van der Waals surface area contributed by atoms with Crippen LogP contribution in [-0.2, 0) is 17.9 Å². The molecule has 3 aromatic carbocycles. The molecular formula is C29H26BrClFN3O3. The first-order valence-corrected chi connectivity index (χ1v) is 12.9. The number of benzene rings is 3. The van der Waals surface area contributed by atoms with Crippen LogP contribution in [0.4, 0.5) is 10.1 Å². The molecule has 0 aliphatic heterocycles. The summed E-state index contributed by atoms with van der Waals surface area (Å²) in [5, 5.41) is 8.07. The lowest BCUT2D eigenvalue weighted by Crippen LogP contribution is -2.10. The van der Waals surface area contributed by atoms with E-state index in [2.05, 4.69) is 26.3 Å². The normalized spacial score (nSPS) is 11.1. The van der Waals surface area contributed by atoms with Crippen LogP contribution in [0.1, 0.15) is 28.1 Å². The summed E-state index contributed by atoms with van der Waals surface area (Å²) in [6.45, 7) is 4.46. The molecule has 0 bridgehead atoms. The third kappa shape index (κ3) is 6.82. The van der Waals surface area contributed by atoms with E-state index in [4.69, 9.17) is 21.1 Å². The van der Waals surface area contributed by atoms with Gasteiger partial charge in [-0.15, -0.1) is 0 Å². The van der Waals surface area contributed by atoms with Gasteiger partial charge in [0.15, 0.2) is 0 Å². The molecule has 1 N–H and O–H groups in total. The molecule has 0 spiro atoms. The second-order valence-corrected chi connectivity index (χ2v) is 9.88. The molecule has 0 saturated heterocycles. The number of aromatic nitrogens is 2. The summed E-state index contributed by atoms with van der Waals surface area (Å²) in [7, 11) is 1.60. The van der Waals surface area contributed by atoms with Gasteiger partial charge in [0.05, 0.1) is 35.2 Å². The van der Waals surface area contributed by atoms with Crippen LogP contribution >= 0.6 is 27.5 Å². The summed E-state index contributed by atoms with van der Waals surface area (Å²) < 4.78 is 27.2. The van der Waals surface area contributed by atoms with E-state index in [1.165, 1.54) is 18.2 Å². The van der Waals surface area contributed by atoms with Crippen molar-refractivity contribution in [1.82, 2.24) is 9.78 Å². The summed E-state index contributed by atoms with van der Waals surface area (Å²) >= 11 is 9.46. The van der Waals surface area contributed by atoms with E-state index >= 15 is 0 Å². The molecule has 9 heteroatoms. The largest absolute Gasteiger partial charge is 0.496 e. The molecule has 0 saturated carbocycles. The van der Waals surface area contributed by atoms with Crippen LogP contribution in [0, 0.1) is 19.7 Å². The van der Waals surface area contributed by atoms with Crippen molar-refractivity contribution in [1.29, 1.82) is 0 Å². The number of carbonyl (C=O) groups excluding carboxylic acids is 1. The third-order valence-electron chi connectivity index (χ3n) is 5.88. The van der Waals surface area contributed by atoms with Crippen LogP contribution < -0.4 is 14.8 Å². The predicted octanol–water partition coefficient (Wildman–Crippen LogP) is 7.34. The standard InChI is InChI=1S/C29H26BrClFN3O3/c1-18-29(19(2)35(34-18)16-21-4-9-24(32)10-5-21)33-28(36)13-7-20-6-11-26(37-3)22(14-20)17-38-27-12-8-23(31)15-25(27)30/h4-15H,16-17H2,1-3H3,(H,33,36). The van der Waals surface area contributed by atoms with Crippen LogP contribution in [0.2, 0.25) is 5.02 Å². The summed E-state index contributed by atoms with van der Waals surface area (Å²) in [5.41, 5.74) is 4.71. The second-order valence-electron chi connectivity index (χ2n) is 8.59. The molecule has 196 valence electrons. The topological polar surface area (TPSA) is 65.4 Å². The van der Waals surface area contributed by atoms with Gasteiger partial charge in [0, 0.05) is 16.7 Å². The molecule has 0 aliphatic rings. The number of aryl methyl sites for hydroxylation is 1. The first-order chi connectivity index (χ1) is 18.2. The van der Waals surface area contributed by atoms with Crippen molar-refractivity contribution < 1.29 is 18.7 Å². The first kappa shape index (κ1) is 27.4. The monoisotopic (exact) mass is 597 g/mol. The average molecular weight is 599 g/mol. The molecule has 4 aromatic rings. The van der Waals surface area contributed by atoms with Crippen LogP contribution in [0.25, 0.3) is 6.08 Å². The zero-order valence-electron chi connectivity index (χ0n) is 21.1. The Bertz CT molecular complexity index is 1490. The van der Waals surface area contributed by atoms with E-state index < -0.39 is 0 Å². The molecule has 0 radical (unpaired) electrons. The number of hydrogen-bond donors (Lipinski definition) is 1. The molecule has 1 heterocycles. The van der Waals surface area contributed by atoms with Crippen molar-refractivity contribution in [2.24, 2.45) is 0 Å². The number of nitrogens with zero attached hydrogens (tertiary/aromatic N) is 2. The third-order valence-corrected chi connectivity index (χ3v) is 6.74. The lowest BCUT2D eigenvalue weighted by Gasteiger charge is -2.12. The van der Waals surface area contributed by atoms with Gasteiger partial charge in [0.1, 0.15) is 23.9 Å². The fourth-order valence-electron chi connectivity index (χ4n) is 3.89. The number of anilines is 1. The maximum atomic E-state index is 13.2. The van der Waals surface area contributed by atoms with Gasteiger partial charge in [0.2, 0.25) is 5.91 Å². The van der Waals surface area contributed by atoms with Crippen LogP contribution in [0.15, 0.2) is 71.2 Å². The highest BCUT2D eigenvalue weighted by Crippen LogP contribution is 2.30. The molecule has 1 amide bonds. The van der Waals surface area contributed by atoms with E-state index in [1.54, 1.807) is 48.2 Å². The maximum Gasteiger partial charge on any atom is 0.248 e. The summed E-state index contributed by atoms with van der Waals surface area (Å²) in [6.07, 6.45) is 3.20. The maximum absolute atomic E-state index is 13.2. The molecule has 4 rings (SSSR count). The smallest absolute Gasteiger partial charge is 0.248 e. The Labute approximate surface area is 234 Å². The molecule has 6 nitrogen and oxygen atoms in total. The highest BCUT2D eigenvalue weighted by atomic mass is 79.9. The first-order valence-electron chi connectivity index (χ1n) is 11.8. The van der Waals surface area contributed by atoms with Crippen molar-refractivity contribution in [2.75, 3.05) is 12.4 Å². The number of nitrogens with one attached hydrogen (secondary N) is 1. The number of halogens is 3. The molecule has 1 aromatic heterocycles. The average Bonchev–Trinajstić information content (AvgIpc) is 3.15. The lowest BCUT2D eigenvalue weighted by molar-refractivity contribution is -0.111. The molecule has 0 fully saturated rings. The van der Waals surface area contributed by atoms with Gasteiger partial charge in [-0.25, -0.2) is 4.39 Å². The number of carbonyl (C=O) groups is 1. The summed E-state index contributed by atoms with van der Waals surface area (Å²) in [4.78, 5) is 12.7. The molecule has 0 aliphatic carbocycles. The number of amides is 1. The molecule has 38 heavy (non-hydrogen) atoms. The Balaban J connectivity index is 1.43. The molecule has 0 atom stereocenters. The minimum atomic E-state index is -0.284. The van der Waals surface area contributed by atoms with E-state index in [-0.39, 0.29) is 18.3 Å². The number of methoxy groups -OCH3 is 1. The Morgan fingerprint density at radius 1 is 1.11 bits per heavy atom. The van der Waals surface area contributed by atoms with Gasteiger partial charge in [-0.2, -0.15) is 5.10 Å². The molecule has 0 unspecified atom stereocenters. The fraction of sp³-hybridized carbons (Fsp3) is 0.172. The SMILES string of the molecule is COc1ccc(C=CC(=O)Nc2c(C)nn(Cc3ccc(F)cc3)c2C)cc1COc1ccc(Cl)cc1Br. The minimum Gasteiger partial charge on any atom is -0.496 e. The van der Waals surface area contributed by atoms with E-state index in [0.29, 0.717) is 34.4 Å². The Kier molecular flexibility index (Phi) is 8.86. The van der Waals surface area contributed by atoms with Gasteiger partial charge < -0.3 is 14.8 Å². The quantitative estimate of drug-likeness (QED) is 0.205. The van der Waals surface area contributed by atoms with Gasteiger partial charge in [0.25, 0.3) is 0 Å². The van der Waals surface area contributed by atoms with E-state index in [0.717, 1.165) is 26.9 Å². The Morgan fingerprint density at radius 2 is 1.84 bits per heavy atom. The van der Waals surface area contributed by atoms with Gasteiger partial charge in [-0.3, -0.25) is 9.48 Å². The zero-order chi connectivity index (χ0) is 27.2. The predicted molar refractivity (Wildman–Crippen MR) is 151 cm³/mol. The number of ether oxygens (including phenoxy) is 2. The van der Waals surface area contributed by atoms with E-state index in [9.17, 15) is 9.18 Å². The van der Waals surface area contributed by atoms with E-state index in [1.807, 2.05) is 32.0 Å². The van der Waals surface area contributed by atoms with Crippen molar-refractivity contribution in [2.45, 2.75) is 27.0 Å². The van der Waals surface area contributed by atoms with Crippen molar-refractivity contribution >= 4 is 45.2 Å². The summed E-state index contributed by atoms with van der Waals surface area (Å²) in [6, 6.07) is 17.2. The second kappa shape index (κ2) is 12.3. The number of hydrogen-bond acceptors (Lipinski definition) is 4. The highest BCUT2D eigenvalue weighted by Gasteiger charge is 2.14. The Hall–Kier alpha value is -3.62. The molecular weight excluding hydrogens is 573 g/mol. The van der Waals surface area contributed by atoms with Crippen molar-refractivity contribution in [3.05, 3.63) is 110 Å². The van der Waals surface area contributed by atoms with Gasteiger partial charge in [-0.1, -0.05) is 29.8 Å². The van der Waals surface area contributed by atoms with Crippen molar-refractivity contribution in [3.63, 3.8) is 0 Å². The lowest BCUT2D eigenvalue weighted by atomic mass is 10.1. The van der Waals surface area contributed by atoms with Crippen LogP contribution in [0.3, 0.4) is 0 Å². The zero-order valence-corrected chi connectivity index (χ0v) is 23.4. The van der Waals surface area contributed by atoms with Gasteiger partial charge in [-0.05, 0) is 89.4 Å².